The predicted octanol–water partition coefficient (Wildman–Crippen LogP) is 2.91. The number of benzene rings is 1. The van der Waals surface area contributed by atoms with Crippen molar-refractivity contribution in [2.24, 2.45) is 0 Å². The number of amides is 1. The number of hydrogen-bond donors (Lipinski definition) is 2. The van der Waals surface area contributed by atoms with Gasteiger partial charge in [0, 0.05) is 12.3 Å². The summed E-state index contributed by atoms with van der Waals surface area (Å²) in [5.41, 5.74) is 0.461. The summed E-state index contributed by atoms with van der Waals surface area (Å²) in [6, 6.07) is 12.5. The number of carbonyl (C=O) groups excluding carboxylic acids is 1. The summed E-state index contributed by atoms with van der Waals surface area (Å²) in [5.74, 6) is 0.919. The fourth-order valence-corrected chi connectivity index (χ4v) is 2.72. The average molecular weight is 312 g/mol. The van der Waals surface area contributed by atoms with E-state index in [9.17, 15) is 9.90 Å². The smallest absolute Gasteiger partial charge is 0.253 e. The number of hydrogen-bond acceptors (Lipinski definition) is 4. The molecule has 0 saturated heterocycles. The first kappa shape index (κ1) is 15.5. The van der Waals surface area contributed by atoms with E-state index in [0.717, 1.165) is 25.7 Å². The Balaban J connectivity index is 1.61. The van der Waals surface area contributed by atoms with Crippen LogP contribution in [0.4, 0.5) is 0 Å². The highest BCUT2D eigenvalue weighted by Crippen LogP contribution is 2.20. The number of aromatic nitrogens is 1. The van der Waals surface area contributed by atoms with Crippen molar-refractivity contribution in [2.75, 3.05) is 0 Å². The number of rotatable bonds is 4. The molecule has 1 amide bonds. The van der Waals surface area contributed by atoms with Gasteiger partial charge in [-0.15, -0.1) is 0 Å². The molecule has 1 aliphatic rings. The third kappa shape index (κ3) is 4.07. The summed E-state index contributed by atoms with van der Waals surface area (Å²) in [7, 11) is 0. The minimum absolute atomic E-state index is 0.170. The van der Waals surface area contributed by atoms with Gasteiger partial charge in [-0.25, -0.2) is 4.98 Å². The molecule has 0 spiro atoms. The van der Waals surface area contributed by atoms with Crippen molar-refractivity contribution in [1.82, 2.24) is 10.3 Å². The van der Waals surface area contributed by atoms with Crippen molar-refractivity contribution in [3.05, 3.63) is 54.2 Å². The van der Waals surface area contributed by atoms with E-state index in [4.69, 9.17) is 4.74 Å². The summed E-state index contributed by atoms with van der Waals surface area (Å²) in [6.07, 6.45) is 4.64. The van der Waals surface area contributed by atoms with Crippen molar-refractivity contribution < 1.29 is 14.6 Å². The molecule has 23 heavy (non-hydrogen) atoms. The molecule has 1 fully saturated rings. The lowest BCUT2D eigenvalue weighted by molar-refractivity contribution is 0.0717. The number of carbonyl (C=O) groups is 1. The highest BCUT2D eigenvalue weighted by molar-refractivity contribution is 5.94. The Hall–Kier alpha value is -2.40. The molecule has 120 valence electrons. The number of aliphatic hydroxyl groups is 1. The number of pyridine rings is 1. The Morgan fingerprint density at radius 1 is 1.13 bits per heavy atom. The first-order valence-electron chi connectivity index (χ1n) is 7.90. The van der Waals surface area contributed by atoms with Gasteiger partial charge in [0.25, 0.3) is 5.91 Å². The molecule has 2 atom stereocenters. The Labute approximate surface area is 135 Å². The molecular weight excluding hydrogens is 292 g/mol. The molecule has 1 heterocycles. The molecular formula is C18H20N2O3. The van der Waals surface area contributed by atoms with Crippen molar-refractivity contribution in [3.63, 3.8) is 0 Å². The minimum atomic E-state index is -0.457. The molecule has 1 aliphatic carbocycles. The lowest BCUT2D eigenvalue weighted by atomic mass is 9.92. The first-order valence-corrected chi connectivity index (χ1v) is 7.90. The van der Waals surface area contributed by atoms with Crippen molar-refractivity contribution >= 4 is 5.91 Å². The molecule has 0 aliphatic heterocycles. The van der Waals surface area contributed by atoms with Gasteiger partial charge in [-0.05, 0) is 31.0 Å². The Morgan fingerprint density at radius 3 is 2.61 bits per heavy atom. The third-order valence-electron chi connectivity index (χ3n) is 4.01. The molecule has 2 unspecified atom stereocenters. The maximum atomic E-state index is 12.2. The lowest BCUT2D eigenvalue weighted by Gasteiger charge is -2.28. The Kier molecular flexibility index (Phi) is 4.88. The fourth-order valence-electron chi connectivity index (χ4n) is 2.72. The minimum Gasteiger partial charge on any atom is -0.439 e. The summed E-state index contributed by atoms with van der Waals surface area (Å²) < 4.78 is 5.60. The van der Waals surface area contributed by atoms with Crippen LogP contribution < -0.4 is 10.1 Å². The van der Waals surface area contributed by atoms with Crippen LogP contribution >= 0.6 is 0 Å². The van der Waals surface area contributed by atoms with Crippen LogP contribution in [0, 0.1) is 0 Å². The number of para-hydroxylation sites is 1. The third-order valence-corrected chi connectivity index (χ3v) is 4.01. The van der Waals surface area contributed by atoms with Crippen molar-refractivity contribution in [2.45, 2.75) is 37.8 Å². The maximum Gasteiger partial charge on any atom is 0.253 e. The van der Waals surface area contributed by atoms with Crippen molar-refractivity contribution in [1.29, 1.82) is 0 Å². The van der Waals surface area contributed by atoms with E-state index < -0.39 is 6.10 Å². The molecule has 3 rings (SSSR count). The second-order valence-corrected chi connectivity index (χ2v) is 5.73. The van der Waals surface area contributed by atoms with Gasteiger partial charge in [0.15, 0.2) is 0 Å². The SMILES string of the molecule is O=C(NC1CCCCC1O)c1ccc(Oc2ccccc2)nc1. The molecule has 1 aromatic heterocycles. The molecule has 1 saturated carbocycles. The molecule has 0 bridgehead atoms. The average Bonchev–Trinajstić information content (AvgIpc) is 2.58. The number of aliphatic hydroxyl groups excluding tert-OH is 1. The van der Waals surface area contributed by atoms with Crippen LogP contribution in [0.2, 0.25) is 0 Å². The van der Waals surface area contributed by atoms with Gasteiger partial charge < -0.3 is 15.2 Å². The zero-order chi connectivity index (χ0) is 16.1. The Bertz CT molecular complexity index is 643. The number of nitrogens with zero attached hydrogens (tertiary/aromatic N) is 1. The van der Waals surface area contributed by atoms with E-state index in [1.165, 1.54) is 6.20 Å². The predicted molar refractivity (Wildman–Crippen MR) is 86.5 cm³/mol. The molecule has 2 N–H and O–H groups in total. The zero-order valence-corrected chi connectivity index (χ0v) is 12.8. The molecule has 1 aromatic carbocycles. The molecule has 5 nitrogen and oxygen atoms in total. The van der Waals surface area contributed by atoms with Gasteiger partial charge in [-0.3, -0.25) is 4.79 Å². The quantitative estimate of drug-likeness (QED) is 0.910. The molecule has 5 heteroatoms. The Morgan fingerprint density at radius 2 is 1.91 bits per heavy atom. The van der Waals surface area contributed by atoms with Gasteiger partial charge in [-0.2, -0.15) is 0 Å². The van der Waals surface area contributed by atoms with Crippen LogP contribution in [0.15, 0.2) is 48.7 Å². The van der Waals surface area contributed by atoms with Gasteiger partial charge in [-0.1, -0.05) is 31.0 Å². The van der Waals surface area contributed by atoms with Crippen LogP contribution in [-0.2, 0) is 0 Å². The van der Waals surface area contributed by atoms with E-state index in [1.807, 2.05) is 30.3 Å². The zero-order valence-electron chi connectivity index (χ0n) is 12.8. The molecule has 2 aromatic rings. The maximum absolute atomic E-state index is 12.2. The van der Waals surface area contributed by atoms with Gasteiger partial charge in [0.2, 0.25) is 5.88 Å². The summed E-state index contributed by atoms with van der Waals surface area (Å²) in [4.78, 5) is 16.4. The van der Waals surface area contributed by atoms with E-state index in [2.05, 4.69) is 10.3 Å². The van der Waals surface area contributed by atoms with Crippen LogP contribution in [0.3, 0.4) is 0 Å². The lowest BCUT2D eigenvalue weighted by Crippen LogP contribution is -2.45. The number of nitrogens with one attached hydrogen (secondary N) is 1. The van der Waals surface area contributed by atoms with E-state index >= 15 is 0 Å². The van der Waals surface area contributed by atoms with Crippen LogP contribution in [0.5, 0.6) is 11.6 Å². The highest BCUT2D eigenvalue weighted by Gasteiger charge is 2.24. The van der Waals surface area contributed by atoms with Crippen LogP contribution in [0.1, 0.15) is 36.0 Å². The van der Waals surface area contributed by atoms with Gasteiger partial charge in [0.1, 0.15) is 5.75 Å². The highest BCUT2D eigenvalue weighted by atomic mass is 16.5. The first-order chi connectivity index (χ1) is 11.2. The fraction of sp³-hybridized carbons (Fsp3) is 0.333. The summed E-state index contributed by atoms with van der Waals surface area (Å²) in [5, 5.41) is 12.8. The van der Waals surface area contributed by atoms with Crippen LogP contribution in [-0.4, -0.2) is 28.1 Å². The van der Waals surface area contributed by atoms with E-state index in [1.54, 1.807) is 12.1 Å². The van der Waals surface area contributed by atoms with Crippen LogP contribution in [0.25, 0.3) is 0 Å². The second-order valence-electron chi connectivity index (χ2n) is 5.73. The summed E-state index contributed by atoms with van der Waals surface area (Å²) in [6.45, 7) is 0. The number of ether oxygens (including phenoxy) is 1. The molecule has 0 radical (unpaired) electrons. The second kappa shape index (κ2) is 7.24. The normalized spacial score (nSPS) is 20.7. The summed E-state index contributed by atoms with van der Waals surface area (Å²) >= 11 is 0. The van der Waals surface area contributed by atoms with Gasteiger partial charge in [0.05, 0.1) is 17.7 Å². The van der Waals surface area contributed by atoms with E-state index in [-0.39, 0.29) is 11.9 Å². The van der Waals surface area contributed by atoms with Gasteiger partial charge >= 0.3 is 0 Å². The monoisotopic (exact) mass is 312 g/mol. The topological polar surface area (TPSA) is 71.5 Å². The standard InChI is InChI=1S/C18H20N2O3/c21-16-9-5-4-8-15(16)20-18(22)13-10-11-17(19-12-13)23-14-6-2-1-3-7-14/h1-3,6-7,10-12,15-16,21H,4-5,8-9H2,(H,20,22). The largest absolute Gasteiger partial charge is 0.439 e. The van der Waals surface area contributed by atoms with Crippen molar-refractivity contribution in [3.8, 4) is 11.6 Å². The van der Waals surface area contributed by atoms with E-state index in [0.29, 0.717) is 17.2 Å².